The van der Waals surface area contributed by atoms with E-state index in [1.165, 1.54) is 18.4 Å². The minimum absolute atomic E-state index is 0.430. The monoisotopic (exact) mass is 261 g/mol. The van der Waals surface area contributed by atoms with Crippen molar-refractivity contribution in [2.75, 3.05) is 20.3 Å². The smallest absolute Gasteiger partial charge is 0.119 e. The molecule has 1 aliphatic carbocycles. The molecule has 1 atom stereocenters. The molecule has 1 aliphatic heterocycles. The molecule has 2 aliphatic rings. The molecular weight excluding hydrogens is 238 g/mol. The fourth-order valence-electron chi connectivity index (χ4n) is 2.86. The quantitative estimate of drug-likeness (QED) is 0.884. The summed E-state index contributed by atoms with van der Waals surface area (Å²) in [6.45, 7) is 1.79. The van der Waals surface area contributed by atoms with Crippen molar-refractivity contribution < 1.29 is 9.47 Å². The summed E-state index contributed by atoms with van der Waals surface area (Å²) in [5.74, 6) is 1.68. The van der Waals surface area contributed by atoms with Gasteiger partial charge in [-0.2, -0.15) is 0 Å². The van der Waals surface area contributed by atoms with Crippen LogP contribution in [-0.2, 0) is 4.74 Å². The van der Waals surface area contributed by atoms with E-state index < -0.39 is 0 Å². The maximum atomic E-state index is 5.80. The third kappa shape index (κ3) is 3.28. The topological polar surface area (TPSA) is 30.5 Å². The third-order valence-corrected chi connectivity index (χ3v) is 4.11. The van der Waals surface area contributed by atoms with Crippen LogP contribution in [0.3, 0.4) is 0 Å². The van der Waals surface area contributed by atoms with Crippen LogP contribution in [0.1, 0.15) is 37.3 Å². The second-order valence-electron chi connectivity index (χ2n) is 5.60. The Labute approximate surface area is 115 Å². The Morgan fingerprint density at radius 3 is 2.37 bits per heavy atom. The largest absolute Gasteiger partial charge is 0.490 e. The summed E-state index contributed by atoms with van der Waals surface area (Å²) in [5.41, 5.74) is 1.36. The van der Waals surface area contributed by atoms with Gasteiger partial charge in [0.1, 0.15) is 5.75 Å². The summed E-state index contributed by atoms with van der Waals surface area (Å²) in [6, 6.07) is 9.05. The van der Waals surface area contributed by atoms with E-state index >= 15 is 0 Å². The van der Waals surface area contributed by atoms with Gasteiger partial charge in [-0.05, 0) is 56.3 Å². The van der Waals surface area contributed by atoms with Crippen molar-refractivity contribution in [3.63, 3.8) is 0 Å². The molecule has 0 radical (unpaired) electrons. The number of benzene rings is 1. The lowest BCUT2D eigenvalue weighted by atomic mass is 9.87. The first-order valence-electron chi connectivity index (χ1n) is 7.38. The summed E-state index contributed by atoms with van der Waals surface area (Å²) >= 11 is 0. The molecule has 1 heterocycles. The Morgan fingerprint density at radius 2 is 1.79 bits per heavy atom. The number of rotatable bonds is 5. The molecule has 3 rings (SSSR count). The van der Waals surface area contributed by atoms with Crippen molar-refractivity contribution in [1.29, 1.82) is 0 Å². The second-order valence-corrected chi connectivity index (χ2v) is 5.60. The van der Waals surface area contributed by atoms with Crippen LogP contribution < -0.4 is 10.1 Å². The van der Waals surface area contributed by atoms with Gasteiger partial charge in [-0.25, -0.2) is 0 Å². The Hall–Kier alpha value is -1.06. The fourth-order valence-corrected chi connectivity index (χ4v) is 2.86. The molecule has 1 saturated carbocycles. The molecule has 0 aromatic heterocycles. The summed E-state index contributed by atoms with van der Waals surface area (Å²) in [6.07, 6.45) is 5.19. The Morgan fingerprint density at radius 1 is 1.11 bits per heavy atom. The average Bonchev–Trinajstić information content (AvgIpc) is 3.27. The van der Waals surface area contributed by atoms with E-state index in [1.54, 1.807) is 0 Å². The van der Waals surface area contributed by atoms with Crippen LogP contribution in [0.15, 0.2) is 24.3 Å². The molecule has 1 N–H and O–H groups in total. The molecule has 3 nitrogen and oxygen atoms in total. The van der Waals surface area contributed by atoms with Gasteiger partial charge >= 0.3 is 0 Å². The van der Waals surface area contributed by atoms with E-state index in [-0.39, 0.29) is 0 Å². The lowest BCUT2D eigenvalue weighted by Gasteiger charge is -2.30. The number of hydrogen-bond donors (Lipinski definition) is 1. The SMILES string of the molecule is CNC(c1ccc(OC2CC2)cc1)C1CCOCC1. The van der Waals surface area contributed by atoms with Crippen LogP contribution in [0.5, 0.6) is 5.75 Å². The van der Waals surface area contributed by atoms with Crippen LogP contribution in [0.4, 0.5) is 0 Å². The molecule has 2 fully saturated rings. The molecule has 19 heavy (non-hydrogen) atoms. The molecule has 1 saturated heterocycles. The molecule has 3 heteroatoms. The highest BCUT2D eigenvalue weighted by Gasteiger charge is 2.25. The Bertz CT molecular complexity index is 394. The summed E-state index contributed by atoms with van der Waals surface area (Å²) < 4.78 is 11.3. The number of hydrogen-bond acceptors (Lipinski definition) is 3. The highest BCUT2D eigenvalue weighted by atomic mass is 16.5. The van der Waals surface area contributed by atoms with Gasteiger partial charge in [0.05, 0.1) is 6.10 Å². The predicted molar refractivity (Wildman–Crippen MR) is 75.4 cm³/mol. The minimum Gasteiger partial charge on any atom is -0.490 e. The first-order valence-corrected chi connectivity index (χ1v) is 7.38. The van der Waals surface area contributed by atoms with Crippen molar-refractivity contribution in [2.45, 2.75) is 37.8 Å². The van der Waals surface area contributed by atoms with Crippen molar-refractivity contribution in [2.24, 2.45) is 5.92 Å². The zero-order valence-electron chi connectivity index (χ0n) is 11.6. The van der Waals surface area contributed by atoms with Crippen LogP contribution in [0.2, 0.25) is 0 Å². The maximum Gasteiger partial charge on any atom is 0.119 e. The molecule has 1 aromatic carbocycles. The fraction of sp³-hybridized carbons (Fsp3) is 0.625. The lowest BCUT2D eigenvalue weighted by Crippen LogP contribution is -2.29. The van der Waals surface area contributed by atoms with Crippen LogP contribution in [0.25, 0.3) is 0 Å². The van der Waals surface area contributed by atoms with Gasteiger partial charge in [0.25, 0.3) is 0 Å². The highest BCUT2D eigenvalue weighted by molar-refractivity contribution is 5.30. The normalized spacial score (nSPS) is 22.2. The van der Waals surface area contributed by atoms with E-state index in [0.717, 1.165) is 31.8 Å². The van der Waals surface area contributed by atoms with E-state index in [0.29, 0.717) is 18.1 Å². The second kappa shape index (κ2) is 5.93. The first kappa shape index (κ1) is 12.9. The summed E-state index contributed by atoms with van der Waals surface area (Å²) in [7, 11) is 2.05. The van der Waals surface area contributed by atoms with Crippen molar-refractivity contribution in [3.8, 4) is 5.75 Å². The molecule has 0 bridgehead atoms. The molecule has 1 unspecified atom stereocenters. The third-order valence-electron chi connectivity index (χ3n) is 4.11. The Kier molecular flexibility index (Phi) is 4.04. The van der Waals surface area contributed by atoms with Gasteiger partial charge in [-0.1, -0.05) is 12.1 Å². The molecule has 1 aromatic rings. The highest BCUT2D eigenvalue weighted by Crippen LogP contribution is 2.32. The average molecular weight is 261 g/mol. The first-order chi connectivity index (χ1) is 9.36. The van der Waals surface area contributed by atoms with Crippen molar-refractivity contribution in [3.05, 3.63) is 29.8 Å². The standard InChI is InChI=1S/C16H23NO2/c1-17-16(13-8-10-18-11-9-13)12-2-4-14(5-3-12)19-15-6-7-15/h2-5,13,15-17H,6-11H2,1H3. The number of ether oxygens (including phenoxy) is 2. The minimum atomic E-state index is 0.430. The van der Waals surface area contributed by atoms with Gasteiger partial charge < -0.3 is 14.8 Å². The van der Waals surface area contributed by atoms with Crippen LogP contribution in [0, 0.1) is 5.92 Å². The molecule has 0 spiro atoms. The zero-order valence-corrected chi connectivity index (χ0v) is 11.6. The maximum absolute atomic E-state index is 5.80. The van der Waals surface area contributed by atoms with Gasteiger partial charge in [-0.3, -0.25) is 0 Å². The van der Waals surface area contributed by atoms with Gasteiger partial charge in [0.2, 0.25) is 0 Å². The predicted octanol–water partition coefficient (Wildman–Crippen LogP) is 2.91. The molecular formula is C16H23NO2. The van der Waals surface area contributed by atoms with E-state index in [9.17, 15) is 0 Å². The van der Waals surface area contributed by atoms with Crippen molar-refractivity contribution >= 4 is 0 Å². The van der Waals surface area contributed by atoms with Crippen LogP contribution >= 0.6 is 0 Å². The van der Waals surface area contributed by atoms with Crippen LogP contribution in [-0.4, -0.2) is 26.4 Å². The van der Waals surface area contributed by atoms with Gasteiger partial charge in [-0.15, -0.1) is 0 Å². The Balaban J connectivity index is 1.67. The lowest BCUT2D eigenvalue weighted by molar-refractivity contribution is 0.0546. The molecule has 104 valence electrons. The zero-order chi connectivity index (χ0) is 13.1. The van der Waals surface area contributed by atoms with E-state index in [2.05, 4.69) is 36.6 Å². The van der Waals surface area contributed by atoms with Gasteiger partial charge in [0.15, 0.2) is 0 Å². The van der Waals surface area contributed by atoms with Gasteiger partial charge in [0, 0.05) is 19.3 Å². The summed E-state index contributed by atoms with van der Waals surface area (Å²) in [4.78, 5) is 0. The molecule has 0 amide bonds. The van der Waals surface area contributed by atoms with E-state index in [1.807, 2.05) is 0 Å². The van der Waals surface area contributed by atoms with Crippen molar-refractivity contribution in [1.82, 2.24) is 5.32 Å². The number of nitrogens with one attached hydrogen (secondary N) is 1. The summed E-state index contributed by atoms with van der Waals surface area (Å²) in [5, 5.41) is 3.46. The van der Waals surface area contributed by atoms with E-state index in [4.69, 9.17) is 9.47 Å².